The van der Waals surface area contributed by atoms with Crippen molar-refractivity contribution in [2.24, 2.45) is 17.1 Å². The highest BCUT2D eigenvalue weighted by atomic mass is 16.5. The molecule has 1 heterocycles. The zero-order valence-electron chi connectivity index (χ0n) is 10.2. The Hall–Kier alpha value is -0.610. The third kappa shape index (κ3) is 1.96. The summed E-state index contributed by atoms with van der Waals surface area (Å²) < 4.78 is 5.30. The molecule has 2 fully saturated rings. The summed E-state index contributed by atoms with van der Waals surface area (Å²) in [6.45, 7) is 5.04. The van der Waals surface area contributed by atoms with Crippen LogP contribution in [0.4, 0.5) is 0 Å². The second-order valence-electron chi connectivity index (χ2n) is 5.53. The van der Waals surface area contributed by atoms with Crippen LogP contribution in [0.2, 0.25) is 0 Å². The van der Waals surface area contributed by atoms with Crippen LogP contribution in [-0.2, 0) is 9.53 Å². The number of hydrogen-bond acceptors (Lipinski definition) is 3. The monoisotopic (exact) mass is 226 g/mol. The number of amides is 1. The van der Waals surface area contributed by atoms with E-state index in [1.54, 1.807) is 0 Å². The van der Waals surface area contributed by atoms with Crippen molar-refractivity contribution in [2.75, 3.05) is 13.2 Å². The molecule has 0 aromatic carbocycles. The first kappa shape index (κ1) is 11.9. The van der Waals surface area contributed by atoms with Gasteiger partial charge in [-0.1, -0.05) is 13.3 Å². The van der Waals surface area contributed by atoms with E-state index < -0.39 is 5.41 Å². The third-order valence-electron chi connectivity index (χ3n) is 4.21. The molecule has 2 rings (SSSR count). The number of nitrogens with one attached hydrogen (secondary N) is 1. The summed E-state index contributed by atoms with van der Waals surface area (Å²) in [5.41, 5.74) is 5.40. The van der Waals surface area contributed by atoms with E-state index in [2.05, 4.69) is 12.2 Å². The van der Waals surface area contributed by atoms with Crippen LogP contribution in [-0.4, -0.2) is 31.2 Å². The second-order valence-corrected chi connectivity index (χ2v) is 5.53. The molecular weight excluding hydrogens is 204 g/mol. The molecule has 3 N–H and O–H groups in total. The van der Waals surface area contributed by atoms with E-state index in [0.717, 1.165) is 6.42 Å². The summed E-state index contributed by atoms with van der Waals surface area (Å²) in [6.07, 6.45) is 3.52. The molecule has 1 amide bonds. The Bertz CT molecular complexity index is 282. The quantitative estimate of drug-likeness (QED) is 0.727. The smallest absolute Gasteiger partial charge is 0.230 e. The Kier molecular flexibility index (Phi) is 3.22. The van der Waals surface area contributed by atoms with Crippen LogP contribution in [0, 0.1) is 11.3 Å². The van der Waals surface area contributed by atoms with Crippen LogP contribution in [0.25, 0.3) is 0 Å². The summed E-state index contributed by atoms with van der Waals surface area (Å²) in [5.74, 6) is 0.655. The fourth-order valence-electron chi connectivity index (χ4n) is 2.62. The van der Waals surface area contributed by atoms with Crippen LogP contribution >= 0.6 is 0 Å². The third-order valence-corrected chi connectivity index (χ3v) is 4.21. The van der Waals surface area contributed by atoms with Gasteiger partial charge in [-0.2, -0.15) is 0 Å². The molecule has 0 aromatic rings. The lowest BCUT2D eigenvalue weighted by atomic mass is 9.84. The van der Waals surface area contributed by atoms with Crippen LogP contribution in [0.3, 0.4) is 0 Å². The van der Waals surface area contributed by atoms with E-state index in [0.29, 0.717) is 25.2 Å². The molecule has 1 saturated heterocycles. The molecule has 4 heteroatoms. The number of rotatable bonds is 2. The number of carbonyl (C=O) groups is 1. The molecule has 1 aliphatic heterocycles. The lowest BCUT2D eigenvalue weighted by Crippen LogP contribution is -2.52. The first-order valence-corrected chi connectivity index (χ1v) is 6.18. The minimum atomic E-state index is -0.539. The lowest BCUT2D eigenvalue weighted by molar-refractivity contribution is -0.131. The van der Waals surface area contributed by atoms with Gasteiger partial charge in [0.15, 0.2) is 0 Å². The van der Waals surface area contributed by atoms with Crippen molar-refractivity contribution in [1.29, 1.82) is 0 Å². The summed E-state index contributed by atoms with van der Waals surface area (Å²) in [6, 6.07) is 0.154. The van der Waals surface area contributed by atoms with Gasteiger partial charge in [-0.3, -0.25) is 4.79 Å². The number of hydrogen-bond donors (Lipinski definition) is 2. The minimum Gasteiger partial charge on any atom is -0.379 e. The Balaban J connectivity index is 1.97. The molecule has 2 aliphatic rings. The van der Waals surface area contributed by atoms with Gasteiger partial charge >= 0.3 is 0 Å². The van der Waals surface area contributed by atoms with E-state index in [9.17, 15) is 4.79 Å². The van der Waals surface area contributed by atoms with Crippen molar-refractivity contribution in [1.82, 2.24) is 5.32 Å². The molecule has 0 spiro atoms. The van der Waals surface area contributed by atoms with Crippen LogP contribution in [0.5, 0.6) is 0 Å². The zero-order chi connectivity index (χ0) is 11.8. The minimum absolute atomic E-state index is 0.0660. The average molecular weight is 226 g/mol. The summed E-state index contributed by atoms with van der Waals surface area (Å²) in [7, 11) is 0. The van der Waals surface area contributed by atoms with Gasteiger partial charge in [-0.15, -0.1) is 0 Å². The Morgan fingerprint density at radius 1 is 1.50 bits per heavy atom. The fraction of sp³-hybridized carbons (Fsp3) is 0.917. The molecule has 0 radical (unpaired) electrons. The standard InChI is InChI=1S/C12H22N2O2/c1-8-4-3-5-9(8)14-11(15)12(2)7-16-6-10(12)13/h8-10H,3-7,13H2,1-2H3,(H,14,15). The summed E-state index contributed by atoms with van der Waals surface area (Å²) in [4.78, 5) is 12.2. The van der Waals surface area contributed by atoms with Crippen molar-refractivity contribution in [3.05, 3.63) is 0 Å². The van der Waals surface area contributed by atoms with E-state index in [1.807, 2.05) is 6.92 Å². The SMILES string of the molecule is CC1CCCC1NC(=O)C1(C)COCC1N. The topological polar surface area (TPSA) is 64.3 Å². The van der Waals surface area contributed by atoms with Gasteiger partial charge in [0, 0.05) is 12.1 Å². The molecule has 1 aliphatic carbocycles. The fourth-order valence-corrected chi connectivity index (χ4v) is 2.62. The van der Waals surface area contributed by atoms with E-state index in [4.69, 9.17) is 10.5 Å². The molecule has 4 atom stereocenters. The first-order valence-electron chi connectivity index (χ1n) is 6.18. The number of nitrogens with two attached hydrogens (primary N) is 1. The summed E-state index contributed by atoms with van der Waals surface area (Å²) in [5, 5.41) is 3.14. The van der Waals surface area contributed by atoms with Crippen LogP contribution < -0.4 is 11.1 Å². The molecule has 4 unspecified atom stereocenters. The zero-order valence-corrected chi connectivity index (χ0v) is 10.2. The Labute approximate surface area is 96.9 Å². The van der Waals surface area contributed by atoms with Crippen molar-refractivity contribution in [3.63, 3.8) is 0 Å². The average Bonchev–Trinajstić information content (AvgIpc) is 2.77. The maximum Gasteiger partial charge on any atom is 0.230 e. The predicted molar refractivity (Wildman–Crippen MR) is 61.8 cm³/mol. The Morgan fingerprint density at radius 3 is 2.75 bits per heavy atom. The second kappa shape index (κ2) is 4.34. The molecular formula is C12H22N2O2. The lowest BCUT2D eigenvalue weighted by Gasteiger charge is -2.28. The highest BCUT2D eigenvalue weighted by molar-refractivity contribution is 5.83. The largest absolute Gasteiger partial charge is 0.379 e. The molecule has 16 heavy (non-hydrogen) atoms. The van der Waals surface area contributed by atoms with Gasteiger partial charge in [-0.25, -0.2) is 0 Å². The van der Waals surface area contributed by atoms with Gasteiger partial charge in [0.1, 0.15) is 0 Å². The molecule has 4 nitrogen and oxygen atoms in total. The normalized spacial score (nSPS) is 43.6. The highest BCUT2D eigenvalue weighted by Crippen LogP contribution is 2.30. The maximum atomic E-state index is 12.2. The number of carbonyl (C=O) groups excluding carboxylic acids is 1. The molecule has 92 valence electrons. The van der Waals surface area contributed by atoms with Gasteiger partial charge in [0.05, 0.1) is 18.6 Å². The summed E-state index contributed by atoms with van der Waals surface area (Å²) >= 11 is 0. The van der Waals surface area contributed by atoms with Gasteiger partial charge in [0.25, 0.3) is 0 Å². The van der Waals surface area contributed by atoms with Crippen LogP contribution in [0.1, 0.15) is 33.1 Å². The van der Waals surface area contributed by atoms with Gasteiger partial charge in [0.2, 0.25) is 5.91 Å². The molecule has 1 saturated carbocycles. The van der Waals surface area contributed by atoms with Crippen molar-refractivity contribution < 1.29 is 9.53 Å². The number of ether oxygens (including phenoxy) is 1. The van der Waals surface area contributed by atoms with Crippen molar-refractivity contribution in [3.8, 4) is 0 Å². The van der Waals surface area contributed by atoms with Crippen molar-refractivity contribution in [2.45, 2.75) is 45.2 Å². The van der Waals surface area contributed by atoms with Crippen LogP contribution in [0.15, 0.2) is 0 Å². The van der Waals surface area contributed by atoms with Crippen molar-refractivity contribution >= 4 is 5.91 Å². The maximum absolute atomic E-state index is 12.2. The van der Waals surface area contributed by atoms with E-state index in [-0.39, 0.29) is 11.9 Å². The first-order chi connectivity index (χ1) is 7.54. The van der Waals surface area contributed by atoms with E-state index in [1.165, 1.54) is 12.8 Å². The predicted octanol–water partition coefficient (Wildman–Crippen LogP) is 0.655. The van der Waals surface area contributed by atoms with E-state index >= 15 is 0 Å². The van der Waals surface area contributed by atoms with Gasteiger partial charge < -0.3 is 15.8 Å². The highest BCUT2D eigenvalue weighted by Gasteiger charge is 2.45. The Morgan fingerprint density at radius 2 is 2.25 bits per heavy atom. The molecule has 0 aromatic heterocycles. The molecule has 0 bridgehead atoms. The van der Waals surface area contributed by atoms with Gasteiger partial charge in [-0.05, 0) is 25.7 Å².